The molecule has 0 saturated heterocycles. The van der Waals surface area contributed by atoms with Crippen LogP contribution in [0.2, 0.25) is 0 Å². The Morgan fingerprint density at radius 1 is 1.29 bits per heavy atom. The Bertz CT molecular complexity index is 634. The van der Waals surface area contributed by atoms with E-state index in [-0.39, 0.29) is 5.56 Å². The third-order valence-electron chi connectivity index (χ3n) is 2.71. The molecule has 0 bridgehead atoms. The van der Waals surface area contributed by atoms with E-state index in [1.54, 1.807) is 19.2 Å². The Morgan fingerprint density at radius 3 is 3.00 bits per heavy atom. The second kappa shape index (κ2) is 3.74. The predicted molar refractivity (Wildman–Crippen MR) is 61.2 cm³/mol. The molecule has 3 heterocycles. The number of aromatic nitrogens is 4. The van der Waals surface area contributed by atoms with Gasteiger partial charge in [0, 0.05) is 19.3 Å². The molecule has 6 nitrogen and oxygen atoms in total. The van der Waals surface area contributed by atoms with Crippen LogP contribution >= 0.6 is 0 Å². The van der Waals surface area contributed by atoms with E-state index in [0.717, 1.165) is 11.3 Å². The molecule has 6 heteroatoms. The van der Waals surface area contributed by atoms with E-state index in [4.69, 9.17) is 0 Å². The number of rotatable bonds is 1. The minimum absolute atomic E-state index is 0.0914. The lowest BCUT2D eigenvalue weighted by Gasteiger charge is -2.03. The van der Waals surface area contributed by atoms with Crippen LogP contribution in [-0.4, -0.2) is 19.9 Å². The number of hydrogen-bond donors (Lipinski definition) is 2. The summed E-state index contributed by atoms with van der Waals surface area (Å²) in [5.41, 5.74) is 2.08. The van der Waals surface area contributed by atoms with Gasteiger partial charge in [0.15, 0.2) is 5.82 Å². The smallest absolute Gasteiger partial charge is 0.256 e. The van der Waals surface area contributed by atoms with Crippen LogP contribution in [0.4, 0.5) is 0 Å². The van der Waals surface area contributed by atoms with E-state index in [1.165, 1.54) is 0 Å². The van der Waals surface area contributed by atoms with Crippen molar-refractivity contribution in [3.63, 3.8) is 0 Å². The molecular weight excluding hydrogens is 218 g/mol. The van der Waals surface area contributed by atoms with Crippen molar-refractivity contribution in [1.82, 2.24) is 25.3 Å². The van der Waals surface area contributed by atoms with Gasteiger partial charge in [-0.2, -0.15) is 0 Å². The highest BCUT2D eigenvalue weighted by Crippen LogP contribution is 2.14. The normalized spacial score (nSPS) is 13.7. The first-order chi connectivity index (χ1) is 8.24. The van der Waals surface area contributed by atoms with Crippen molar-refractivity contribution in [3.05, 3.63) is 39.7 Å². The molecule has 3 rings (SSSR count). The first-order valence-corrected chi connectivity index (χ1v) is 5.37. The fourth-order valence-electron chi connectivity index (χ4n) is 1.89. The average molecular weight is 229 g/mol. The van der Waals surface area contributed by atoms with E-state index < -0.39 is 0 Å². The number of H-pyrrole nitrogens is 1. The molecule has 0 amide bonds. The van der Waals surface area contributed by atoms with Crippen LogP contribution in [0.5, 0.6) is 0 Å². The van der Waals surface area contributed by atoms with E-state index in [9.17, 15) is 4.79 Å². The maximum Gasteiger partial charge on any atom is 0.256 e. The molecule has 86 valence electrons. The summed E-state index contributed by atoms with van der Waals surface area (Å²) in [7, 11) is 0. The van der Waals surface area contributed by atoms with Gasteiger partial charge in [0.1, 0.15) is 11.5 Å². The first kappa shape index (κ1) is 10.1. The monoisotopic (exact) mass is 229 g/mol. The highest BCUT2D eigenvalue weighted by atomic mass is 16.1. The van der Waals surface area contributed by atoms with Crippen molar-refractivity contribution in [1.29, 1.82) is 0 Å². The van der Waals surface area contributed by atoms with Crippen LogP contribution in [0.25, 0.3) is 11.5 Å². The molecule has 0 atom stereocenters. The molecule has 2 N–H and O–H groups in total. The van der Waals surface area contributed by atoms with Crippen molar-refractivity contribution in [2.45, 2.75) is 20.0 Å². The lowest BCUT2D eigenvalue weighted by Crippen LogP contribution is -2.16. The molecule has 1 aliphatic rings. The van der Waals surface area contributed by atoms with Gasteiger partial charge in [0.2, 0.25) is 0 Å². The van der Waals surface area contributed by atoms with E-state index in [1.807, 2.05) is 0 Å². The van der Waals surface area contributed by atoms with Crippen LogP contribution in [0.3, 0.4) is 0 Å². The summed E-state index contributed by atoms with van der Waals surface area (Å²) in [6, 6.07) is 1.74. The molecule has 0 aromatic carbocycles. The summed E-state index contributed by atoms with van der Waals surface area (Å²) >= 11 is 0. The summed E-state index contributed by atoms with van der Waals surface area (Å²) in [4.78, 5) is 27.2. The van der Waals surface area contributed by atoms with Gasteiger partial charge in [-0.1, -0.05) is 0 Å². The summed E-state index contributed by atoms with van der Waals surface area (Å²) in [6.07, 6.45) is 1.66. The van der Waals surface area contributed by atoms with Crippen molar-refractivity contribution in [2.75, 3.05) is 0 Å². The van der Waals surface area contributed by atoms with Gasteiger partial charge in [-0.3, -0.25) is 4.79 Å². The molecule has 0 radical (unpaired) electrons. The quantitative estimate of drug-likeness (QED) is 0.726. The zero-order valence-electron chi connectivity index (χ0n) is 9.32. The van der Waals surface area contributed by atoms with Crippen LogP contribution in [-0.2, 0) is 13.1 Å². The average Bonchev–Trinajstić information content (AvgIpc) is 2.77. The number of aryl methyl sites for hydroxylation is 1. The largest absolute Gasteiger partial charge is 0.307 e. The molecule has 0 aliphatic carbocycles. The van der Waals surface area contributed by atoms with Crippen molar-refractivity contribution < 1.29 is 0 Å². The molecular formula is C11H11N5O. The Morgan fingerprint density at radius 2 is 2.18 bits per heavy atom. The zero-order valence-corrected chi connectivity index (χ0v) is 9.32. The van der Waals surface area contributed by atoms with Gasteiger partial charge in [-0.25, -0.2) is 15.0 Å². The molecule has 0 spiro atoms. The van der Waals surface area contributed by atoms with Gasteiger partial charge < -0.3 is 10.3 Å². The second-order valence-corrected chi connectivity index (χ2v) is 3.93. The highest BCUT2D eigenvalue weighted by Gasteiger charge is 2.17. The second-order valence-electron chi connectivity index (χ2n) is 3.93. The van der Waals surface area contributed by atoms with Gasteiger partial charge in [0.05, 0.1) is 11.3 Å². The van der Waals surface area contributed by atoms with Crippen LogP contribution in [0, 0.1) is 6.92 Å². The van der Waals surface area contributed by atoms with Gasteiger partial charge >= 0.3 is 0 Å². The summed E-state index contributed by atoms with van der Waals surface area (Å²) in [5, 5.41) is 3.10. The van der Waals surface area contributed by atoms with Crippen molar-refractivity contribution in [2.24, 2.45) is 0 Å². The van der Waals surface area contributed by atoms with E-state index in [2.05, 4.69) is 25.3 Å². The summed E-state index contributed by atoms with van der Waals surface area (Å²) in [5.74, 6) is 1.16. The third kappa shape index (κ3) is 1.72. The van der Waals surface area contributed by atoms with Crippen molar-refractivity contribution >= 4 is 0 Å². The molecule has 0 saturated carbocycles. The van der Waals surface area contributed by atoms with Crippen molar-refractivity contribution in [3.8, 4) is 11.5 Å². The number of fused-ring (bicyclic) bond motifs is 1. The highest BCUT2D eigenvalue weighted by molar-refractivity contribution is 5.49. The molecule has 1 aliphatic heterocycles. The Hall–Kier alpha value is -2.08. The molecule has 0 unspecified atom stereocenters. The summed E-state index contributed by atoms with van der Waals surface area (Å²) in [6.45, 7) is 3.02. The Kier molecular flexibility index (Phi) is 2.22. The van der Waals surface area contributed by atoms with Crippen LogP contribution in [0.15, 0.2) is 17.1 Å². The molecule has 2 aromatic rings. The Balaban J connectivity index is 2.16. The van der Waals surface area contributed by atoms with Crippen LogP contribution < -0.4 is 10.9 Å². The lowest BCUT2D eigenvalue weighted by molar-refractivity contribution is 0.757. The molecule has 0 fully saturated rings. The number of hydrogen-bond acceptors (Lipinski definition) is 5. The Labute approximate surface area is 97.2 Å². The van der Waals surface area contributed by atoms with E-state index >= 15 is 0 Å². The van der Waals surface area contributed by atoms with E-state index in [0.29, 0.717) is 30.4 Å². The number of aromatic amines is 1. The molecule has 17 heavy (non-hydrogen) atoms. The minimum atomic E-state index is -0.0914. The topological polar surface area (TPSA) is 83.6 Å². The minimum Gasteiger partial charge on any atom is -0.307 e. The standard InChI is InChI=1S/C11H11N5O/c1-6-13-3-2-8(14-6)10-15-9-5-12-4-7(9)11(17)16-10/h2-3,12H,4-5H2,1H3,(H,15,16,17). The van der Waals surface area contributed by atoms with Gasteiger partial charge in [-0.15, -0.1) is 0 Å². The fraction of sp³-hybridized carbons (Fsp3) is 0.273. The van der Waals surface area contributed by atoms with Crippen LogP contribution in [0.1, 0.15) is 17.1 Å². The number of nitrogens with one attached hydrogen (secondary N) is 2. The predicted octanol–water partition coefficient (Wildman–Crippen LogP) is 0.139. The summed E-state index contributed by atoms with van der Waals surface area (Å²) < 4.78 is 0. The maximum atomic E-state index is 11.8. The lowest BCUT2D eigenvalue weighted by atomic mass is 10.2. The van der Waals surface area contributed by atoms with Gasteiger partial charge in [0.25, 0.3) is 5.56 Å². The fourth-order valence-corrected chi connectivity index (χ4v) is 1.89. The van der Waals surface area contributed by atoms with Gasteiger partial charge in [-0.05, 0) is 13.0 Å². The SMILES string of the molecule is Cc1nccc(-c2nc3c(c(=O)[nH]2)CNC3)n1. The molecule has 2 aromatic heterocycles. The zero-order chi connectivity index (χ0) is 11.8. The maximum absolute atomic E-state index is 11.8. The first-order valence-electron chi connectivity index (χ1n) is 5.37. The third-order valence-corrected chi connectivity index (χ3v) is 2.71. The number of nitrogens with zero attached hydrogens (tertiary/aromatic N) is 3.